The van der Waals surface area contributed by atoms with Crippen molar-refractivity contribution >= 4 is 24.5 Å². The summed E-state index contributed by atoms with van der Waals surface area (Å²) in [7, 11) is 0. The Kier molecular flexibility index (Phi) is 5.14. The third-order valence-electron chi connectivity index (χ3n) is 3.77. The number of hydrogen-bond acceptors (Lipinski definition) is 5. The number of aromatic amines is 1. The number of rotatable bonds is 3. The lowest BCUT2D eigenvalue weighted by atomic mass is 10.2. The number of nitrogens with zero attached hydrogens (tertiary/aromatic N) is 2. The second kappa shape index (κ2) is 7.39. The van der Waals surface area contributed by atoms with Crippen LogP contribution in [0.4, 0.5) is 18.9 Å². The van der Waals surface area contributed by atoms with E-state index >= 15 is 0 Å². The highest BCUT2D eigenvalue weighted by molar-refractivity contribution is 7.80. The fourth-order valence-corrected chi connectivity index (χ4v) is 2.64. The number of benzene rings is 2. The van der Waals surface area contributed by atoms with Gasteiger partial charge < -0.3 is 5.11 Å². The van der Waals surface area contributed by atoms with Crippen molar-refractivity contribution < 1.29 is 18.3 Å². The summed E-state index contributed by atoms with van der Waals surface area (Å²) in [5.41, 5.74) is -3.31. The molecule has 28 heavy (non-hydrogen) atoms. The Morgan fingerprint density at radius 1 is 1.11 bits per heavy atom. The maximum atomic E-state index is 12.9. The van der Waals surface area contributed by atoms with Gasteiger partial charge in [0.25, 0.3) is 5.56 Å². The van der Waals surface area contributed by atoms with Crippen LogP contribution in [0.3, 0.4) is 0 Å². The van der Waals surface area contributed by atoms with Gasteiger partial charge in [0.05, 0.1) is 16.9 Å². The Balaban J connectivity index is 2.15. The normalized spacial score (nSPS) is 11.9. The molecule has 0 saturated heterocycles. The molecule has 0 unspecified atom stereocenters. The molecule has 2 N–H and O–H groups in total. The molecule has 0 radical (unpaired) electrons. The van der Waals surface area contributed by atoms with Crippen molar-refractivity contribution in [3.05, 3.63) is 80.5 Å². The monoisotopic (exact) mass is 407 g/mol. The summed E-state index contributed by atoms with van der Waals surface area (Å²) in [5.74, 6) is -0.839. The fraction of sp³-hybridized carbons (Fsp3) is 0.0556. The van der Waals surface area contributed by atoms with Crippen LogP contribution in [0.1, 0.15) is 11.1 Å². The van der Waals surface area contributed by atoms with Crippen molar-refractivity contribution in [1.29, 1.82) is 0 Å². The summed E-state index contributed by atoms with van der Waals surface area (Å²) >= 11 is 4.20. The number of para-hydroxylation sites is 1. The van der Waals surface area contributed by atoms with Crippen LogP contribution < -0.4 is 11.2 Å². The predicted octanol–water partition coefficient (Wildman–Crippen LogP) is 3.29. The molecule has 6 nitrogen and oxygen atoms in total. The standard InChI is InChI=1S/C18H12F3N3O3S/c19-18(20,21)10-4-3-5-11(8-10)24-16(26)12(15(25)23-17(24)27)9-22-13-6-1-2-7-14(13)28/h1-9,26,28H,(H,23,25,27). The first kappa shape index (κ1) is 19.5. The van der Waals surface area contributed by atoms with E-state index in [1.54, 1.807) is 24.3 Å². The highest BCUT2D eigenvalue weighted by Crippen LogP contribution is 2.30. The second-order valence-corrected chi connectivity index (χ2v) is 6.11. The first-order chi connectivity index (χ1) is 13.2. The third-order valence-corrected chi connectivity index (χ3v) is 4.15. The molecule has 0 bridgehead atoms. The number of H-pyrrole nitrogens is 1. The van der Waals surface area contributed by atoms with Crippen molar-refractivity contribution in [3.8, 4) is 11.6 Å². The van der Waals surface area contributed by atoms with E-state index in [9.17, 15) is 27.9 Å². The molecule has 3 aromatic rings. The zero-order valence-electron chi connectivity index (χ0n) is 13.9. The first-order valence-electron chi connectivity index (χ1n) is 7.76. The number of alkyl halides is 3. The van der Waals surface area contributed by atoms with Crippen LogP contribution in [0.25, 0.3) is 5.69 Å². The van der Waals surface area contributed by atoms with Crippen molar-refractivity contribution in [1.82, 2.24) is 9.55 Å². The molecule has 2 aromatic carbocycles. The minimum Gasteiger partial charge on any atom is -0.493 e. The zero-order valence-corrected chi connectivity index (χ0v) is 14.8. The second-order valence-electron chi connectivity index (χ2n) is 5.63. The summed E-state index contributed by atoms with van der Waals surface area (Å²) < 4.78 is 39.4. The summed E-state index contributed by atoms with van der Waals surface area (Å²) in [5, 5.41) is 10.4. The van der Waals surface area contributed by atoms with Gasteiger partial charge in [-0.2, -0.15) is 13.2 Å². The van der Waals surface area contributed by atoms with Gasteiger partial charge in [0.1, 0.15) is 5.56 Å². The van der Waals surface area contributed by atoms with Crippen molar-refractivity contribution in [2.24, 2.45) is 4.99 Å². The largest absolute Gasteiger partial charge is 0.493 e. The maximum Gasteiger partial charge on any atom is 0.416 e. The van der Waals surface area contributed by atoms with Gasteiger partial charge >= 0.3 is 11.9 Å². The summed E-state index contributed by atoms with van der Waals surface area (Å²) in [4.78, 5) is 30.7. The molecule has 0 aliphatic rings. The van der Waals surface area contributed by atoms with Gasteiger partial charge in [0, 0.05) is 11.1 Å². The molecule has 0 amide bonds. The highest BCUT2D eigenvalue weighted by Gasteiger charge is 2.31. The van der Waals surface area contributed by atoms with E-state index in [0.717, 1.165) is 18.3 Å². The number of nitrogens with one attached hydrogen (secondary N) is 1. The molecule has 3 rings (SSSR count). The Morgan fingerprint density at radius 2 is 1.82 bits per heavy atom. The molecular formula is C18H12F3N3O3S. The molecule has 0 aliphatic carbocycles. The predicted molar refractivity (Wildman–Crippen MR) is 100 cm³/mol. The molecular weight excluding hydrogens is 395 g/mol. The molecule has 1 aromatic heterocycles. The van der Waals surface area contributed by atoms with Gasteiger partial charge in [-0.15, -0.1) is 12.6 Å². The summed E-state index contributed by atoms with van der Waals surface area (Å²) in [6, 6.07) is 10.4. The molecule has 0 spiro atoms. The molecule has 0 saturated carbocycles. The lowest BCUT2D eigenvalue weighted by molar-refractivity contribution is -0.137. The van der Waals surface area contributed by atoms with Crippen LogP contribution in [0.5, 0.6) is 5.88 Å². The van der Waals surface area contributed by atoms with Crippen molar-refractivity contribution in [2.45, 2.75) is 11.1 Å². The van der Waals surface area contributed by atoms with Crippen LogP contribution in [0, 0.1) is 0 Å². The SMILES string of the molecule is O=c1[nH]c(=O)n(-c2cccc(C(F)(F)F)c2)c(O)c1C=Nc1ccccc1S. The molecule has 0 atom stereocenters. The van der Waals surface area contributed by atoms with Crippen LogP contribution in [0.15, 0.2) is 68.0 Å². The zero-order chi connectivity index (χ0) is 20.5. The van der Waals surface area contributed by atoms with Gasteiger partial charge in [-0.05, 0) is 30.3 Å². The van der Waals surface area contributed by atoms with E-state index < -0.39 is 34.4 Å². The lowest BCUT2D eigenvalue weighted by Gasteiger charge is -2.12. The Labute approximate surface area is 161 Å². The number of hydrogen-bond donors (Lipinski definition) is 3. The molecule has 0 fully saturated rings. The highest BCUT2D eigenvalue weighted by atomic mass is 32.1. The Bertz CT molecular complexity index is 1180. The van der Waals surface area contributed by atoms with E-state index in [2.05, 4.69) is 17.6 Å². The fourth-order valence-electron chi connectivity index (χ4n) is 2.42. The van der Waals surface area contributed by atoms with Gasteiger partial charge in [-0.3, -0.25) is 14.8 Å². The minimum atomic E-state index is -4.64. The van der Waals surface area contributed by atoms with Gasteiger partial charge in [-0.25, -0.2) is 9.36 Å². The quantitative estimate of drug-likeness (QED) is 0.460. The van der Waals surface area contributed by atoms with Crippen LogP contribution in [0.2, 0.25) is 0 Å². The van der Waals surface area contributed by atoms with E-state index in [1.807, 2.05) is 4.98 Å². The van der Waals surface area contributed by atoms with Gasteiger partial charge in [0.2, 0.25) is 5.88 Å². The van der Waals surface area contributed by atoms with Gasteiger partial charge in [-0.1, -0.05) is 18.2 Å². The molecule has 0 aliphatic heterocycles. The summed E-state index contributed by atoms with van der Waals surface area (Å²) in [6.07, 6.45) is -3.63. The third kappa shape index (κ3) is 3.86. The molecule has 1 heterocycles. The van der Waals surface area contributed by atoms with Crippen molar-refractivity contribution in [2.75, 3.05) is 0 Å². The maximum absolute atomic E-state index is 12.9. The number of aromatic hydroxyl groups is 1. The summed E-state index contributed by atoms with van der Waals surface area (Å²) in [6.45, 7) is 0. The van der Waals surface area contributed by atoms with E-state index in [4.69, 9.17) is 0 Å². The average Bonchev–Trinajstić information content (AvgIpc) is 2.62. The number of aliphatic imine (C=N–C) groups is 1. The lowest BCUT2D eigenvalue weighted by Crippen LogP contribution is -2.31. The average molecular weight is 407 g/mol. The minimum absolute atomic E-state index is 0.266. The topological polar surface area (TPSA) is 87.5 Å². The van der Waals surface area contributed by atoms with E-state index in [1.165, 1.54) is 6.07 Å². The molecule has 144 valence electrons. The van der Waals surface area contributed by atoms with Crippen LogP contribution in [-0.4, -0.2) is 20.9 Å². The number of thiol groups is 1. The molecule has 10 heteroatoms. The number of aromatic nitrogens is 2. The van der Waals surface area contributed by atoms with E-state index in [-0.39, 0.29) is 5.69 Å². The Hall–Kier alpha value is -3.27. The van der Waals surface area contributed by atoms with E-state index in [0.29, 0.717) is 21.2 Å². The van der Waals surface area contributed by atoms with Gasteiger partial charge in [0.15, 0.2) is 0 Å². The smallest absolute Gasteiger partial charge is 0.416 e. The van der Waals surface area contributed by atoms with Crippen molar-refractivity contribution in [3.63, 3.8) is 0 Å². The van der Waals surface area contributed by atoms with Crippen LogP contribution in [-0.2, 0) is 6.18 Å². The van der Waals surface area contributed by atoms with Crippen LogP contribution >= 0.6 is 12.6 Å². The Morgan fingerprint density at radius 3 is 2.50 bits per heavy atom. The first-order valence-corrected chi connectivity index (χ1v) is 8.21. The number of halogens is 3.